The fourth-order valence-corrected chi connectivity index (χ4v) is 2.73. The van der Waals surface area contributed by atoms with E-state index in [4.69, 9.17) is 4.74 Å². The average molecular weight is 383 g/mol. The van der Waals surface area contributed by atoms with Crippen molar-refractivity contribution in [2.45, 2.75) is 19.9 Å². The number of amides is 1. The third-order valence-corrected chi connectivity index (χ3v) is 4.18. The Morgan fingerprint density at radius 2 is 1.82 bits per heavy atom. The first-order valence-electron chi connectivity index (χ1n) is 9.49. The first-order chi connectivity index (χ1) is 13.5. The number of nitrogens with zero attached hydrogens (tertiary/aromatic N) is 2. The molecule has 0 bridgehead atoms. The lowest BCUT2D eigenvalue weighted by atomic mass is 10.1. The molecule has 2 rings (SSSR count). The van der Waals surface area contributed by atoms with Gasteiger partial charge < -0.3 is 20.3 Å². The van der Waals surface area contributed by atoms with Gasteiger partial charge in [-0.25, -0.2) is 4.99 Å². The van der Waals surface area contributed by atoms with Crippen LogP contribution in [0.25, 0.3) is 0 Å². The molecular weight excluding hydrogens is 352 g/mol. The van der Waals surface area contributed by atoms with Gasteiger partial charge in [-0.1, -0.05) is 24.3 Å². The van der Waals surface area contributed by atoms with Crippen molar-refractivity contribution in [2.24, 2.45) is 4.99 Å². The molecule has 0 aliphatic rings. The Balaban J connectivity index is 1.94. The van der Waals surface area contributed by atoms with E-state index in [9.17, 15) is 4.79 Å². The second kappa shape index (κ2) is 11.0. The number of aliphatic imine (C=N–C) groups is 1. The van der Waals surface area contributed by atoms with Gasteiger partial charge >= 0.3 is 0 Å². The normalized spacial score (nSPS) is 11.1. The molecular formula is C22H30N4O2. The molecule has 0 aliphatic carbocycles. The Labute approximate surface area is 167 Å². The minimum absolute atomic E-state index is 0.0167. The van der Waals surface area contributed by atoms with Gasteiger partial charge in [-0.3, -0.25) is 4.79 Å². The minimum Gasteiger partial charge on any atom is -0.497 e. The average Bonchev–Trinajstić information content (AvgIpc) is 2.71. The molecule has 0 atom stereocenters. The van der Waals surface area contributed by atoms with Crippen LogP contribution >= 0.6 is 0 Å². The third-order valence-electron chi connectivity index (χ3n) is 4.18. The predicted molar refractivity (Wildman–Crippen MR) is 114 cm³/mol. The van der Waals surface area contributed by atoms with Gasteiger partial charge in [0.05, 0.1) is 13.7 Å². The molecule has 1 amide bonds. The number of rotatable bonds is 8. The first-order valence-corrected chi connectivity index (χ1v) is 9.49. The summed E-state index contributed by atoms with van der Waals surface area (Å²) < 4.78 is 5.26. The van der Waals surface area contributed by atoms with Crippen LogP contribution in [0.5, 0.6) is 5.75 Å². The number of benzene rings is 2. The van der Waals surface area contributed by atoms with E-state index < -0.39 is 0 Å². The molecule has 2 N–H and O–H groups in total. The van der Waals surface area contributed by atoms with Crippen molar-refractivity contribution in [3.8, 4) is 5.75 Å². The van der Waals surface area contributed by atoms with Crippen molar-refractivity contribution in [1.29, 1.82) is 0 Å². The van der Waals surface area contributed by atoms with Gasteiger partial charge in [-0.15, -0.1) is 0 Å². The highest BCUT2D eigenvalue weighted by atomic mass is 16.5. The minimum atomic E-state index is 0.0167. The topological polar surface area (TPSA) is 66.0 Å². The van der Waals surface area contributed by atoms with E-state index in [1.165, 1.54) is 0 Å². The van der Waals surface area contributed by atoms with Crippen LogP contribution in [0.2, 0.25) is 0 Å². The van der Waals surface area contributed by atoms with Gasteiger partial charge in [0.2, 0.25) is 0 Å². The maximum atomic E-state index is 12.1. The summed E-state index contributed by atoms with van der Waals surface area (Å²) in [5.74, 6) is 1.62. The molecule has 0 aromatic heterocycles. The second-order valence-electron chi connectivity index (χ2n) is 6.62. The summed E-state index contributed by atoms with van der Waals surface area (Å²) in [6.07, 6.45) is 0.804. The van der Waals surface area contributed by atoms with Crippen molar-refractivity contribution >= 4 is 11.9 Å². The van der Waals surface area contributed by atoms with Crippen LogP contribution in [-0.2, 0) is 13.0 Å². The number of methoxy groups -OCH3 is 1. The van der Waals surface area contributed by atoms with Crippen LogP contribution in [0.4, 0.5) is 0 Å². The molecule has 0 aliphatic heterocycles. The number of carbonyl (C=O) groups is 1. The SMILES string of the molecule is CCNC(=NCc1cccc(OC)c1)NCCc1cccc(C(=O)N(C)C)c1. The summed E-state index contributed by atoms with van der Waals surface area (Å²) >= 11 is 0. The quantitative estimate of drug-likeness (QED) is 0.544. The Morgan fingerprint density at radius 1 is 1.07 bits per heavy atom. The predicted octanol–water partition coefficient (Wildman–Crippen LogP) is 2.69. The monoisotopic (exact) mass is 382 g/mol. The molecule has 6 heteroatoms. The summed E-state index contributed by atoms with van der Waals surface area (Å²) in [5, 5.41) is 6.61. The fraction of sp³-hybridized carbons (Fsp3) is 0.364. The maximum Gasteiger partial charge on any atom is 0.253 e. The smallest absolute Gasteiger partial charge is 0.253 e. The zero-order valence-electron chi connectivity index (χ0n) is 17.2. The highest BCUT2D eigenvalue weighted by molar-refractivity contribution is 5.94. The molecule has 6 nitrogen and oxygen atoms in total. The Bertz CT molecular complexity index is 803. The summed E-state index contributed by atoms with van der Waals surface area (Å²) in [4.78, 5) is 18.3. The van der Waals surface area contributed by atoms with Crippen LogP contribution in [0, 0.1) is 0 Å². The van der Waals surface area contributed by atoms with Gasteiger partial charge in [-0.2, -0.15) is 0 Å². The molecule has 0 saturated carbocycles. The van der Waals surface area contributed by atoms with E-state index in [0.717, 1.165) is 42.3 Å². The number of hydrogen-bond acceptors (Lipinski definition) is 3. The number of carbonyl (C=O) groups excluding carboxylic acids is 1. The summed E-state index contributed by atoms with van der Waals surface area (Å²) in [6, 6.07) is 15.7. The van der Waals surface area contributed by atoms with Gasteiger partial charge in [0, 0.05) is 32.7 Å². The van der Waals surface area contributed by atoms with Crippen LogP contribution in [0.3, 0.4) is 0 Å². The van der Waals surface area contributed by atoms with Crippen LogP contribution in [0.15, 0.2) is 53.5 Å². The molecule has 0 radical (unpaired) electrons. The molecule has 150 valence electrons. The van der Waals surface area contributed by atoms with E-state index in [-0.39, 0.29) is 5.91 Å². The lowest BCUT2D eigenvalue weighted by Gasteiger charge is -2.13. The first kappa shape index (κ1) is 21.3. The third kappa shape index (κ3) is 6.61. The number of hydrogen-bond donors (Lipinski definition) is 2. The standard InChI is InChI=1S/C22H30N4O2/c1-5-23-22(25-16-18-9-7-11-20(15-18)28-4)24-13-12-17-8-6-10-19(14-17)21(27)26(2)3/h6-11,14-15H,5,12-13,16H2,1-4H3,(H2,23,24,25). The molecule has 0 heterocycles. The fourth-order valence-electron chi connectivity index (χ4n) is 2.73. The van der Waals surface area contributed by atoms with Crippen molar-refractivity contribution in [3.63, 3.8) is 0 Å². The second-order valence-corrected chi connectivity index (χ2v) is 6.62. The van der Waals surface area contributed by atoms with E-state index in [2.05, 4.69) is 15.6 Å². The lowest BCUT2D eigenvalue weighted by Crippen LogP contribution is -2.38. The molecule has 0 fully saturated rings. The number of nitrogens with one attached hydrogen (secondary N) is 2. The molecule has 0 saturated heterocycles. The molecule has 28 heavy (non-hydrogen) atoms. The number of ether oxygens (including phenoxy) is 1. The summed E-state index contributed by atoms with van der Waals surface area (Å²) in [6.45, 7) is 4.12. The zero-order valence-corrected chi connectivity index (χ0v) is 17.2. The Hall–Kier alpha value is -3.02. The van der Waals surface area contributed by atoms with E-state index >= 15 is 0 Å². The maximum absolute atomic E-state index is 12.1. The van der Waals surface area contributed by atoms with Gasteiger partial charge in [0.15, 0.2) is 5.96 Å². The largest absolute Gasteiger partial charge is 0.497 e. The van der Waals surface area contributed by atoms with Crippen LogP contribution in [-0.4, -0.2) is 51.1 Å². The Morgan fingerprint density at radius 3 is 2.54 bits per heavy atom. The number of guanidine groups is 1. The lowest BCUT2D eigenvalue weighted by molar-refractivity contribution is 0.0827. The van der Waals surface area contributed by atoms with Crippen molar-refractivity contribution in [2.75, 3.05) is 34.3 Å². The van der Waals surface area contributed by atoms with Gasteiger partial charge in [0.25, 0.3) is 5.91 Å². The highest BCUT2D eigenvalue weighted by Gasteiger charge is 2.08. The van der Waals surface area contributed by atoms with Crippen LogP contribution in [0.1, 0.15) is 28.4 Å². The summed E-state index contributed by atoms with van der Waals surface area (Å²) in [5.41, 5.74) is 2.91. The molecule has 0 spiro atoms. The van der Waals surface area contributed by atoms with E-state index in [1.54, 1.807) is 26.1 Å². The zero-order chi connectivity index (χ0) is 20.4. The molecule has 0 unspecified atom stereocenters. The Kier molecular flexibility index (Phi) is 8.34. The van der Waals surface area contributed by atoms with Crippen molar-refractivity contribution < 1.29 is 9.53 Å². The molecule has 2 aromatic carbocycles. The van der Waals surface area contributed by atoms with Crippen molar-refractivity contribution in [1.82, 2.24) is 15.5 Å². The summed E-state index contributed by atoms with van der Waals surface area (Å²) in [7, 11) is 5.19. The highest BCUT2D eigenvalue weighted by Crippen LogP contribution is 2.13. The van der Waals surface area contributed by atoms with E-state index in [1.807, 2.05) is 55.5 Å². The van der Waals surface area contributed by atoms with Gasteiger partial charge in [-0.05, 0) is 48.7 Å². The van der Waals surface area contributed by atoms with Crippen LogP contribution < -0.4 is 15.4 Å². The van der Waals surface area contributed by atoms with Gasteiger partial charge in [0.1, 0.15) is 5.75 Å². The van der Waals surface area contributed by atoms with Crippen molar-refractivity contribution in [3.05, 3.63) is 65.2 Å². The van der Waals surface area contributed by atoms with E-state index in [0.29, 0.717) is 12.1 Å². The molecule has 2 aromatic rings.